The zero-order chi connectivity index (χ0) is 59.9. The summed E-state index contributed by atoms with van der Waals surface area (Å²) in [4.78, 5) is 38.4. The highest BCUT2D eigenvalue weighted by atomic mass is 16.6. The summed E-state index contributed by atoms with van der Waals surface area (Å²) < 4.78 is 16.9. The van der Waals surface area contributed by atoms with Gasteiger partial charge < -0.3 is 14.2 Å². The first-order valence-corrected chi connectivity index (χ1v) is 35.4. The third kappa shape index (κ3) is 68.7. The van der Waals surface area contributed by atoms with Crippen molar-refractivity contribution < 1.29 is 28.6 Å². The number of carbonyl (C=O) groups excluding carboxylic acids is 3. The second-order valence-electron chi connectivity index (χ2n) is 23.4. The molecule has 83 heavy (non-hydrogen) atoms. The third-order valence-electron chi connectivity index (χ3n) is 15.3. The maximum Gasteiger partial charge on any atom is 0.309 e. The lowest BCUT2D eigenvalue weighted by molar-refractivity contribution is -0.166. The number of hydrogen-bond acceptors (Lipinski definition) is 6. The Labute approximate surface area is 514 Å². The summed E-state index contributed by atoms with van der Waals surface area (Å²) >= 11 is 0. The number of ether oxygens (including phenoxy) is 3. The van der Waals surface area contributed by atoms with Gasteiger partial charge in [-0.05, 0) is 109 Å². The molecule has 0 radical (unpaired) electrons. The molecule has 0 aromatic heterocycles. The predicted octanol–water partition coefficient (Wildman–Crippen LogP) is 24.6. The van der Waals surface area contributed by atoms with Gasteiger partial charge in [0.05, 0.1) is 6.42 Å². The molecule has 0 fully saturated rings. The van der Waals surface area contributed by atoms with Crippen molar-refractivity contribution in [2.45, 2.75) is 348 Å². The van der Waals surface area contributed by atoms with Gasteiger partial charge in [0.1, 0.15) is 13.2 Å². The van der Waals surface area contributed by atoms with E-state index in [1.54, 1.807) is 6.08 Å². The fraction of sp³-hybridized carbons (Fsp3) is 0.727. The molecule has 0 amide bonds. The Morgan fingerprint density at radius 1 is 0.265 bits per heavy atom. The first-order valence-electron chi connectivity index (χ1n) is 35.4. The number of carbonyl (C=O) groups is 3. The summed E-state index contributed by atoms with van der Waals surface area (Å²) in [5, 5.41) is 0. The molecule has 0 saturated heterocycles. The van der Waals surface area contributed by atoms with E-state index in [-0.39, 0.29) is 31.6 Å². The van der Waals surface area contributed by atoms with Crippen LogP contribution in [0.25, 0.3) is 0 Å². The van der Waals surface area contributed by atoms with E-state index in [4.69, 9.17) is 14.2 Å². The van der Waals surface area contributed by atoms with Crippen LogP contribution in [-0.2, 0) is 28.6 Å². The number of rotatable bonds is 64. The number of hydrogen-bond donors (Lipinski definition) is 0. The Bertz CT molecular complexity index is 1660. The molecule has 1 atom stereocenters. The van der Waals surface area contributed by atoms with Gasteiger partial charge in [-0.2, -0.15) is 0 Å². The lowest BCUT2D eigenvalue weighted by atomic mass is 10.0. The minimum absolute atomic E-state index is 0.112. The Balaban J connectivity index is 4.34. The quantitative estimate of drug-likeness (QED) is 0.0261. The molecule has 0 saturated carbocycles. The maximum absolute atomic E-state index is 12.9. The second-order valence-corrected chi connectivity index (χ2v) is 23.4. The lowest BCUT2D eigenvalue weighted by Gasteiger charge is -2.18. The summed E-state index contributed by atoms with van der Waals surface area (Å²) in [5.74, 6) is -1.05. The Morgan fingerprint density at radius 2 is 0.518 bits per heavy atom. The summed E-state index contributed by atoms with van der Waals surface area (Å²) in [6.45, 7) is 6.45. The van der Waals surface area contributed by atoms with Gasteiger partial charge in [0, 0.05) is 12.8 Å². The average molecular weight is 1150 g/mol. The molecular formula is C77H132O6. The molecule has 0 aliphatic heterocycles. The number of esters is 3. The normalized spacial score (nSPS) is 12.8. The van der Waals surface area contributed by atoms with Crippen LogP contribution in [0.3, 0.4) is 0 Å². The molecule has 0 bridgehead atoms. The second kappa shape index (κ2) is 70.6. The van der Waals surface area contributed by atoms with Crippen LogP contribution >= 0.6 is 0 Å². The molecule has 0 N–H and O–H groups in total. The van der Waals surface area contributed by atoms with Gasteiger partial charge in [-0.1, -0.05) is 323 Å². The van der Waals surface area contributed by atoms with E-state index in [0.717, 1.165) is 96.3 Å². The molecule has 6 heteroatoms. The monoisotopic (exact) mass is 1150 g/mol. The van der Waals surface area contributed by atoms with Crippen molar-refractivity contribution in [2.75, 3.05) is 13.2 Å². The molecule has 0 aliphatic carbocycles. The standard InChI is InChI=1S/C77H132O6/c1-4-7-10-13-16-19-22-25-28-30-32-34-35-36-37-38-39-40-41-43-44-46-49-52-55-58-61-64-67-70-76(79)82-73-74(72-81-75(78)69-66-63-60-57-54-51-48-27-24-21-18-15-12-9-6-3)83-77(80)71-68-65-62-59-56-53-50-47-45-42-33-31-29-26-23-20-17-14-11-8-5-2/h9,12,18,21,23,26-27,30-33,45,47-48,54,57,63,66,74H,4-8,10-11,13-17,19-20,22,24-25,28-29,34-44,46,49-53,55-56,58-62,64-65,67-73H2,1-3H3/b12-9-,21-18-,26-23-,32-30-,33-31-,47-45-,48-27-,57-54-,66-63-. The van der Waals surface area contributed by atoms with E-state index in [0.29, 0.717) is 12.8 Å². The molecule has 6 nitrogen and oxygen atoms in total. The topological polar surface area (TPSA) is 78.9 Å². The highest BCUT2D eigenvalue weighted by Crippen LogP contribution is 2.17. The molecule has 476 valence electrons. The summed E-state index contributed by atoms with van der Waals surface area (Å²) in [6, 6.07) is 0. The fourth-order valence-corrected chi connectivity index (χ4v) is 9.99. The summed E-state index contributed by atoms with van der Waals surface area (Å²) in [6.07, 6.45) is 97.2. The smallest absolute Gasteiger partial charge is 0.309 e. The van der Waals surface area contributed by atoms with Gasteiger partial charge in [-0.25, -0.2) is 0 Å². The molecule has 1 unspecified atom stereocenters. The Kier molecular flexibility index (Phi) is 67.2. The van der Waals surface area contributed by atoms with Crippen molar-refractivity contribution in [3.8, 4) is 0 Å². The molecule has 0 aliphatic rings. The predicted molar refractivity (Wildman–Crippen MR) is 362 cm³/mol. The first-order chi connectivity index (χ1) is 41.0. The fourth-order valence-electron chi connectivity index (χ4n) is 9.99. The Hall–Kier alpha value is -3.93. The minimum Gasteiger partial charge on any atom is -0.462 e. The number of unbranched alkanes of at least 4 members (excludes halogenated alkanes) is 36. The van der Waals surface area contributed by atoms with Gasteiger partial charge in [-0.3, -0.25) is 14.4 Å². The van der Waals surface area contributed by atoms with Gasteiger partial charge in [0.15, 0.2) is 6.10 Å². The summed E-state index contributed by atoms with van der Waals surface area (Å²) in [7, 11) is 0. The molecular weight excluding hydrogens is 1020 g/mol. The van der Waals surface area contributed by atoms with Gasteiger partial charge >= 0.3 is 17.9 Å². The molecule has 0 heterocycles. The van der Waals surface area contributed by atoms with Crippen molar-refractivity contribution in [2.24, 2.45) is 0 Å². The minimum atomic E-state index is -0.828. The van der Waals surface area contributed by atoms with Crippen LogP contribution in [0.2, 0.25) is 0 Å². The van der Waals surface area contributed by atoms with E-state index in [1.165, 1.54) is 205 Å². The van der Waals surface area contributed by atoms with Gasteiger partial charge in [0.2, 0.25) is 0 Å². The van der Waals surface area contributed by atoms with E-state index in [9.17, 15) is 14.4 Å². The summed E-state index contributed by atoms with van der Waals surface area (Å²) in [5.41, 5.74) is 0. The maximum atomic E-state index is 12.9. The highest BCUT2D eigenvalue weighted by Gasteiger charge is 2.19. The zero-order valence-electron chi connectivity index (χ0n) is 54.7. The van der Waals surface area contributed by atoms with Gasteiger partial charge in [0.25, 0.3) is 0 Å². The van der Waals surface area contributed by atoms with Crippen molar-refractivity contribution in [1.29, 1.82) is 0 Å². The van der Waals surface area contributed by atoms with E-state index < -0.39 is 12.1 Å². The van der Waals surface area contributed by atoms with Crippen LogP contribution in [0.15, 0.2) is 109 Å². The van der Waals surface area contributed by atoms with E-state index >= 15 is 0 Å². The first kappa shape index (κ1) is 79.1. The Morgan fingerprint density at radius 3 is 0.855 bits per heavy atom. The largest absolute Gasteiger partial charge is 0.462 e. The van der Waals surface area contributed by atoms with Crippen LogP contribution < -0.4 is 0 Å². The molecule has 0 rings (SSSR count). The van der Waals surface area contributed by atoms with Crippen LogP contribution in [-0.4, -0.2) is 37.2 Å². The number of allylic oxidation sites excluding steroid dienone is 17. The highest BCUT2D eigenvalue weighted by molar-refractivity contribution is 5.72. The van der Waals surface area contributed by atoms with Crippen molar-refractivity contribution in [3.05, 3.63) is 109 Å². The zero-order valence-corrected chi connectivity index (χ0v) is 54.7. The van der Waals surface area contributed by atoms with Crippen LogP contribution in [0.4, 0.5) is 0 Å². The van der Waals surface area contributed by atoms with Crippen LogP contribution in [0, 0.1) is 0 Å². The molecule has 0 aromatic carbocycles. The van der Waals surface area contributed by atoms with Gasteiger partial charge in [-0.15, -0.1) is 0 Å². The van der Waals surface area contributed by atoms with Crippen molar-refractivity contribution in [3.63, 3.8) is 0 Å². The van der Waals surface area contributed by atoms with Crippen LogP contribution in [0.1, 0.15) is 342 Å². The van der Waals surface area contributed by atoms with Crippen molar-refractivity contribution >= 4 is 17.9 Å². The van der Waals surface area contributed by atoms with E-state index in [1.807, 2.05) is 6.08 Å². The third-order valence-corrected chi connectivity index (χ3v) is 15.3. The average Bonchev–Trinajstić information content (AvgIpc) is 3.49. The SMILES string of the molecule is CC/C=C\C/C=C\C/C=C\C/C=C\C/C=C\CC(=O)OCC(COC(=O)CCCCCCCCCCCCCCCCCCC/C=C\CCCCCCCCCC)OC(=O)CCCCCCCC/C=C\C/C=C\C/C=C\CCCCCCC. The molecule has 0 spiro atoms. The lowest BCUT2D eigenvalue weighted by Crippen LogP contribution is -2.30. The van der Waals surface area contributed by atoms with Crippen molar-refractivity contribution in [1.82, 2.24) is 0 Å². The van der Waals surface area contributed by atoms with Crippen LogP contribution in [0.5, 0.6) is 0 Å². The van der Waals surface area contributed by atoms with E-state index in [2.05, 4.69) is 118 Å². The molecule has 0 aromatic rings.